The van der Waals surface area contributed by atoms with Crippen LogP contribution in [0, 0.1) is 34.0 Å². The van der Waals surface area contributed by atoms with E-state index in [9.17, 15) is 0 Å². The fourth-order valence-electron chi connectivity index (χ4n) is 4.61. The Hall–Kier alpha value is -0.0800. The molecule has 1 aliphatic carbocycles. The molecule has 29 heavy (non-hydrogen) atoms. The van der Waals surface area contributed by atoms with E-state index in [4.69, 9.17) is 9.47 Å². The topological polar surface area (TPSA) is 18.5 Å². The molecule has 0 radical (unpaired) electrons. The Morgan fingerprint density at radius 3 is 1.10 bits per heavy atom. The highest BCUT2D eigenvalue weighted by molar-refractivity contribution is 4.78. The molecule has 2 heterocycles. The van der Waals surface area contributed by atoms with Crippen molar-refractivity contribution in [3.05, 3.63) is 0 Å². The fourth-order valence-corrected chi connectivity index (χ4v) is 4.61. The summed E-state index contributed by atoms with van der Waals surface area (Å²) >= 11 is 0. The van der Waals surface area contributed by atoms with Crippen LogP contribution in [0.15, 0.2) is 0 Å². The standard InChI is InChI=1S/C10H20.C9H18O.C8H16O/c1-10(2,3)9-7-5-4-6-8-9;1-9(2,3)8-5-4-6-10-7-8;1-8(2,3)7-4-5-9-6-7/h9H,4-8H2,1-3H3;8H,4-7H2,1-3H3;7H,4-6H2,1-3H3. The Kier molecular flexibility index (Phi) is 11.2. The largest absolute Gasteiger partial charge is 0.381 e. The molecule has 3 rings (SSSR count). The molecule has 2 atom stereocenters. The second kappa shape index (κ2) is 12.1. The third-order valence-electron chi connectivity index (χ3n) is 7.37. The van der Waals surface area contributed by atoms with Crippen molar-refractivity contribution in [1.82, 2.24) is 0 Å². The lowest BCUT2D eigenvalue weighted by molar-refractivity contribution is 0.0103. The van der Waals surface area contributed by atoms with Gasteiger partial charge in [0.05, 0.1) is 0 Å². The van der Waals surface area contributed by atoms with Gasteiger partial charge in [-0.05, 0) is 66.1 Å². The van der Waals surface area contributed by atoms with Crippen LogP contribution in [0.1, 0.15) is 114 Å². The molecule has 0 N–H and O–H groups in total. The first kappa shape index (κ1) is 27.0. The maximum absolute atomic E-state index is 5.41. The normalized spacial score (nSPS) is 26.8. The minimum absolute atomic E-state index is 0.445. The van der Waals surface area contributed by atoms with Crippen molar-refractivity contribution in [3.63, 3.8) is 0 Å². The lowest BCUT2D eigenvalue weighted by atomic mass is 9.72. The van der Waals surface area contributed by atoms with Crippen molar-refractivity contribution in [1.29, 1.82) is 0 Å². The SMILES string of the molecule is CC(C)(C)C1CCCCC1.CC(C)(C)C1CCCOC1.CC(C)(C)C1CCOC1. The molecule has 0 aromatic rings. The van der Waals surface area contributed by atoms with E-state index in [2.05, 4.69) is 62.3 Å². The van der Waals surface area contributed by atoms with Gasteiger partial charge in [-0.1, -0.05) is 81.6 Å². The molecular formula is C27H54O2. The predicted octanol–water partition coefficient (Wildman–Crippen LogP) is 8.14. The van der Waals surface area contributed by atoms with Crippen molar-refractivity contribution in [3.8, 4) is 0 Å². The molecule has 0 aromatic heterocycles. The molecule has 2 aliphatic heterocycles. The van der Waals surface area contributed by atoms with E-state index in [-0.39, 0.29) is 0 Å². The smallest absolute Gasteiger partial charge is 0.0500 e. The van der Waals surface area contributed by atoms with Crippen molar-refractivity contribution < 1.29 is 9.47 Å². The highest BCUT2D eigenvalue weighted by Gasteiger charge is 2.28. The summed E-state index contributed by atoms with van der Waals surface area (Å²) in [5.74, 6) is 2.57. The Morgan fingerprint density at radius 1 is 0.448 bits per heavy atom. The summed E-state index contributed by atoms with van der Waals surface area (Å²) in [6, 6.07) is 0. The second-order valence-corrected chi connectivity index (χ2v) is 12.9. The summed E-state index contributed by atoms with van der Waals surface area (Å²) < 4.78 is 10.7. The minimum Gasteiger partial charge on any atom is -0.381 e. The van der Waals surface area contributed by atoms with Gasteiger partial charge in [0.15, 0.2) is 0 Å². The van der Waals surface area contributed by atoms with Crippen molar-refractivity contribution in [2.45, 2.75) is 114 Å². The van der Waals surface area contributed by atoms with Gasteiger partial charge < -0.3 is 9.47 Å². The van der Waals surface area contributed by atoms with Crippen LogP contribution < -0.4 is 0 Å². The van der Waals surface area contributed by atoms with Gasteiger partial charge in [0.2, 0.25) is 0 Å². The highest BCUT2D eigenvalue weighted by Crippen LogP contribution is 2.37. The third-order valence-corrected chi connectivity index (χ3v) is 7.37. The van der Waals surface area contributed by atoms with Gasteiger partial charge in [-0.25, -0.2) is 0 Å². The van der Waals surface area contributed by atoms with Gasteiger partial charge in [0.25, 0.3) is 0 Å². The molecule has 174 valence electrons. The summed E-state index contributed by atoms with van der Waals surface area (Å²) in [7, 11) is 0. The molecule has 2 saturated heterocycles. The van der Waals surface area contributed by atoms with E-state index >= 15 is 0 Å². The zero-order valence-electron chi connectivity index (χ0n) is 21.5. The van der Waals surface area contributed by atoms with Gasteiger partial charge in [0.1, 0.15) is 0 Å². The van der Waals surface area contributed by atoms with Crippen LogP contribution in [0.5, 0.6) is 0 Å². The van der Waals surface area contributed by atoms with Gasteiger partial charge in [0, 0.05) is 26.4 Å². The van der Waals surface area contributed by atoms with Crippen LogP contribution in [0.4, 0.5) is 0 Å². The van der Waals surface area contributed by atoms with Crippen LogP contribution in [0.3, 0.4) is 0 Å². The van der Waals surface area contributed by atoms with Gasteiger partial charge in [-0.15, -0.1) is 0 Å². The summed E-state index contributed by atoms with van der Waals surface area (Å²) in [6.45, 7) is 24.8. The first-order chi connectivity index (χ1) is 13.3. The number of ether oxygens (including phenoxy) is 2. The van der Waals surface area contributed by atoms with Crippen LogP contribution in [-0.4, -0.2) is 26.4 Å². The maximum Gasteiger partial charge on any atom is 0.0500 e. The zero-order valence-corrected chi connectivity index (χ0v) is 21.5. The Labute approximate surface area is 183 Å². The second-order valence-electron chi connectivity index (χ2n) is 12.9. The molecule has 1 saturated carbocycles. The van der Waals surface area contributed by atoms with Crippen LogP contribution >= 0.6 is 0 Å². The molecule has 2 heteroatoms. The molecular weight excluding hydrogens is 356 g/mol. The van der Waals surface area contributed by atoms with Crippen LogP contribution in [0.2, 0.25) is 0 Å². The molecule has 3 aliphatic rings. The molecule has 0 amide bonds. The quantitative estimate of drug-likeness (QED) is 0.401. The van der Waals surface area contributed by atoms with Crippen molar-refractivity contribution in [2.75, 3.05) is 26.4 Å². The van der Waals surface area contributed by atoms with Crippen LogP contribution in [0.25, 0.3) is 0 Å². The molecule has 0 aromatic carbocycles. The summed E-state index contributed by atoms with van der Waals surface area (Å²) in [4.78, 5) is 0. The monoisotopic (exact) mass is 410 g/mol. The first-order valence-corrected chi connectivity index (χ1v) is 12.5. The van der Waals surface area contributed by atoms with Gasteiger partial charge in [-0.2, -0.15) is 0 Å². The van der Waals surface area contributed by atoms with Crippen LogP contribution in [-0.2, 0) is 9.47 Å². The number of rotatable bonds is 0. The lowest BCUT2D eigenvalue weighted by Crippen LogP contribution is -2.29. The molecule has 0 bridgehead atoms. The Bertz CT molecular complexity index is 375. The van der Waals surface area contributed by atoms with Gasteiger partial charge in [-0.3, -0.25) is 0 Å². The van der Waals surface area contributed by atoms with E-state index < -0.39 is 0 Å². The predicted molar refractivity (Wildman–Crippen MR) is 127 cm³/mol. The first-order valence-electron chi connectivity index (χ1n) is 12.5. The average Bonchev–Trinajstić information content (AvgIpc) is 3.18. The van der Waals surface area contributed by atoms with Crippen molar-refractivity contribution >= 4 is 0 Å². The van der Waals surface area contributed by atoms with E-state index in [1.54, 1.807) is 0 Å². The van der Waals surface area contributed by atoms with Gasteiger partial charge >= 0.3 is 0 Å². The zero-order chi connectivity index (χ0) is 22.1. The molecule has 0 spiro atoms. The fraction of sp³-hybridized carbons (Fsp3) is 1.00. The van der Waals surface area contributed by atoms with E-state index in [1.165, 1.54) is 51.4 Å². The summed E-state index contributed by atoms with van der Waals surface area (Å²) in [5.41, 5.74) is 1.47. The Balaban J connectivity index is 0.000000218. The summed E-state index contributed by atoms with van der Waals surface area (Å²) in [6.07, 6.45) is 11.2. The minimum atomic E-state index is 0.445. The number of hydrogen-bond donors (Lipinski definition) is 0. The van der Waals surface area contributed by atoms with E-state index in [0.29, 0.717) is 16.2 Å². The molecule has 3 fully saturated rings. The lowest BCUT2D eigenvalue weighted by Gasteiger charge is -2.33. The summed E-state index contributed by atoms with van der Waals surface area (Å²) in [5, 5.41) is 0. The maximum atomic E-state index is 5.41. The molecule has 2 nitrogen and oxygen atoms in total. The average molecular weight is 411 g/mol. The Morgan fingerprint density at radius 2 is 0.862 bits per heavy atom. The third kappa shape index (κ3) is 11.2. The van der Waals surface area contributed by atoms with Crippen molar-refractivity contribution in [2.24, 2.45) is 34.0 Å². The van der Waals surface area contributed by atoms with E-state index in [1.807, 2.05) is 0 Å². The highest BCUT2D eigenvalue weighted by atomic mass is 16.5. The van der Waals surface area contributed by atoms with E-state index in [0.717, 1.165) is 44.2 Å². The molecule has 2 unspecified atom stereocenters. The number of hydrogen-bond acceptors (Lipinski definition) is 2.